The summed E-state index contributed by atoms with van der Waals surface area (Å²) in [5.74, 6) is 0.899. The summed E-state index contributed by atoms with van der Waals surface area (Å²) in [7, 11) is 0. The smallest absolute Gasteiger partial charge is 0.268 e. The van der Waals surface area contributed by atoms with Crippen molar-refractivity contribution in [1.29, 1.82) is 5.41 Å². The van der Waals surface area contributed by atoms with Crippen LogP contribution in [0.4, 0.5) is 0 Å². The third-order valence-corrected chi connectivity index (χ3v) is 9.07. The van der Waals surface area contributed by atoms with Gasteiger partial charge in [-0.1, -0.05) is 54.6 Å². The lowest BCUT2D eigenvalue weighted by atomic mass is 9.51. The van der Waals surface area contributed by atoms with E-state index in [0.29, 0.717) is 36.1 Å². The molecule has 0 saturated heterocycles. The third-order valence-electron chi connectivity index (χ3n) is 9.07. The summed E-state index contributed by atoms with van der Waals surface area (Å²) in [6, 6.07) is 22.2. The van der Waals surface area contributed by atoms with E-state index in [1.807, 2.05) is 36.4 Å². The molecule has 4 saturated carbocycles. The number of fused-ring (bicyclic) bond motifs is 2. The van der Waals surface area contributed by atoms with Crippen LogP contribution < -0.4 is 11.1 Å². The zero-order valence-corrected chi connectivity index (χ0v) is 20.8. The standard InChI is InChI=1S/C31H32N4O2/c32-28(33)23-9-8-22-11-27(29(36)34-30-13-19-10-20(14-30)16-31(37,15-19)18-30)35(26(22)12-23)17-24-6-3-5-21-4-1-2-7-25(21)24/h1-9,11-12,19-20,37H,10,13-18H2,(H3,32,33)(H,34,36). The van der Waals surface area contributed by atoms with Gasteiger partial charge in [0.05, 0.1) is 5.60 Å². The van der Waals surface area contributed by atoms with Gasteiger partial charge in [-0.25, -0.2) is 0 Å². The molecule has 1 amide bonds. The summed E-state index contributed by atoms with van der Waals surface area (Å²) in [4.78, 5) is 14.0. The molecule has 1 aromatic heterocycles. The van der Waals surface area contributed by atoms with Crippen LogP contribution >= 0.6 is 0 Å². The van der Waals surface area contributed by atoms with Crippen molar-refractivity contribution in [2.24, 2.45) is 17.6 Å². The number of carbonyl (C=O) groups excluding carboxylic acids is 1. The largest absolute Gasteiger partial charge is 0.390 e. The van der Waals surface area contributed by atoms with Gasteiger partial charge < -0.3 is 20.7 Å². The topological polar surface area (TPSA) is 104 Å². The number of nitrogens with two attached hydrogens (primary N) is 1. The highest BCUT2D eigenvalue weighted by Crippen LogP contribution is 2.57. The molecule has 3 aromatic carbocycles. The second-order valence-corrected chi connectivity index (χ2v) is 11.9. The molecule has 8 rings (SSSR count). The number of rotatable bonds is 5. The molecule has 0 aliphatic heterocycles. The Balaban J connectivity index is 1.31. The van der Waals surface area contributed by atoms with Crippen LogP contribution in [-0.4, -0.2) is 32.6 Å². The molecular weight excluding hydrogens is 460 g/mol. The van der Waals surface area contributed by atoms with Crippen molar-refractivity contribution in [3.8, 4) is 0 Å². The predicted molar refractivity (Wildman–Crippen MR) is 146 cm³/mol. The molecule has 2 unspecified atom stereocenters. The molecule has 0 spiro atoms. The molecule has 4 fully saturated rings. The molecule has 1 heterocycles. The molecule has 4 aromatic rings. The minimum absolute atomic E-state index is 0.00706. The van der Waals surface area contributed by atoms with Crippen molar-refractivity contribution in [1.82, 2.24) is 9.88 Å². The summed E-state index contributed by atoms with van der Waals surface area (Å²) < 4.78 is 2.06. The van der Waals surface area contributed by atoms with E-state index in [2.05, 4.69) is 40.2 Å². The van der Waals surface area contributed by atoms with Gasteiger partial charge in [0.15, 0.2) is 0 Å². The normalized spacial score (nSPS) is 28.1. The molecule has 4 bridgehead atoms. The minimum Gasteiger partial charge on any atom is -0.390 e. The Labute approximate surface area is 216 Å². The van der Waals surface area contributed by atoms with Crippen LogP contribution in [0.1, 0.15) is 60.1 Å². The van der Waals surface area contributed by atoms with Gasteiger partial charge in [-0.2, -0.15) is 0 Å². The second-order valence-electron chi connectivity index (χ2n) is 11.9. The number of carbonyl (C=O) groups is 1. The van der Waals surface area contributed by atoms with E-state index >= 15 is 0 Å². The highest BCUT2D eigenvalue weighted by molar-refractivity contribution is 6.02. The minimum atomic E-state index is -0.636. The highest BCUT2D eigenvalue weighted by Gasteiger charge is 2.57. The molecular formula is C31H32N4O2. The van der Waals surface area contributed by atoms with Crippen molar-refractivity contribution in [2.45, 2.75) is 56.2 Å². The lowest BCUT2D eigenvalue weighted by Gasteiger charge is -2.60. The maximum absolute atomic E-state index is 14.0. The lowest BCUT2D eigenvalue weighted by molar-refractivity contribution is -0.139. The summed E-state index contributed by atoms with van der Waals surface area (Å²) >= 11 is 0. The molecule has 4 aliphatic carbocycles. The number of nitrogens with zero attached hydrogens (tertiary/aromatic N) is 1. The van der Waals surface area contributed by atoms with Crippen LogP contribution in [0.5, 0.6) is 0 Å². The van der Waals surface area contributed by atoms with Crippen LogP contribution in [0.2, 0.25) is 0 Å². The van der Waals surface area contributed by atoms with Crippen molar-refractivity contribution < 1.29 is 9.90 Å². The first-order chi connectivity index (χ1) is 17.8. The summed E-state index contributed by atoms with van der Waals surface area (Å²) in [6.45, 7) is 0.525. The Morgan fingerprint density at radius 3 is 2.51 bits per heavy atom. The monoisotopic (exact) mass is 492 g/mol. The van der Waals surface area contributed by atoms with Gasteiger partial charge in [0.25, 0.3) is 5.91 Å². The average Bonchev–Trinajstić information content (AvgIpc) is 3.20. The fourth-order valence-corrected chi connectivity index (χ4v) is 8.05. The molecule has 6 heteroatoms. The van der Waals surface area contributed by atoms with Crippen LogP contribution in [0.15, 0.2) is 66.7 Å². The SMILES string of the molecule is N=C(N)c1ccc2cc(C(=O)NC34CC5CC(CC(O)(C5)C3)C4)n(Cc3cccc4ccccc34)c2c1. The van der Waals surface area contributed by atoms with Crippen LogP contribution in [0.25, 0.3) is 21.7 Å². The molecule has 4 aliphatic rings. The number of nitrogen functional groups attached to an aromatic ring is 1. The van der Waals surface area contributed by atoms with Crippen LogP contribution in [0.3, 0.4) is 0 Å². The number of nitrogens with one attached hydrogen (secondary N) is 2. The van der Waals surface area contributed by atoms with E-state index in [9.17, 15) is 9.90 Å². The summed E-state index contributed by atoms with van der Waals surface area (Å²) in [6.07, 6.45) is 5.48. The lowest BCUT2D eigenvalue weighted by Crippen LogP contribution is -2.65. The molecule has 6 nitrogen and oxygen atoms in total. The van der Waals surface area contributed by atoms with Crippen molar-refractivity contribution in [3.05, 3.63) is 83.6 Å². The first-order valence-corrected chi connectivity index (χ1v) is 13.3. The number of hydrogen-bond donors (Lipinski definition) is 4. The number of hydrogen-bond acceptors (Lipinski definition) is 3. The van der Waals surface area contributed by atoms with Crippen LogP contribution in [0, 0.1) is 17.2 Å². The van der Waals surface area contributed by atoms with Gasteiger partial charge in [0.2, 0.25) is 0 Å². The Morgan fingerprint density at radius 2 is 1.76 bits per heavy atom. The van der Waals surface area contributed by atoms with Gasteiger partial charge in [0.1, 0.15) is 11.5 Å². The first-order valence-electron chi connectivity index (χ1n) is 13.3. The Hall–Kier alpha value is -3.64. The summed E-state index contributed by atoms with van der Waals surface area (Å²) in [5, 5.41) is 25.9. The van der Waals surface area contributed by atoms with E-state index in [4.69, 9.17) is 11.1 Å². The third kappa shape index (κ3) is 3.74. The Kier molecular flexibility index (Phi) is 4.83. The van der Waals surface area contributed by atoms with Gasteiger partial charge >= 0.3 is 0 Å². The molecule has 5 N–H and O–H groups in total. The Morgan fingerprint density at radius 1 is 1.00 bits per heavy atom. The van der Waals surface area contributed by atoms with Gasteiger partial charge in [-0.05, 0) is 78.8 Å². The van der Waals surface area contributed by atoms with E-state index in [0.717, 1.165) is 52.9 Å². The van der Waals surface area contributed by atoms with Gasteiger partial charge in [0, 0.05) is 28.6 Å². The van der Waals surface area contributed by atoms with Crippen LogP contribution in [-0.2, 0) is 6.54 Å². The van der Waals surface area contributed by atoms with E-state index in [1.165, 1.54) is 6.42 Å². The maximum Gasteiger partial charge on any atom is 0.268 e. The number of amides is 1. The number of aromatic nitrogens is 1. The van der Waals surface area contributed by atoms with Crippen molar-refractivity contribution in [3.63, 3.8) is 0 Å². The van der Waals surface area contributed by atoms with Crippen molar-refractivity contribution >= 4 is 33.4 Å². The molecule has 2 atom stereocenters. The fraction of sp³-hybridized carbons (Fsp3) is 0.355. The fourth-order valence-electron chi connectivity index (χ4n) is 8.05. The number of benzene rings is 3. The summed E-state index contributed by atoms with van der Waals surface area (Å²) in [5.41, 5.74) is 8.11. The molecule has 188 valence electrons. The maximum atomic E-state index is 14.0. The van der Waals surface area contributed by atoms with E-state index in [-0.39, 0.29) is 17.3 Å². The quantitative estimate of drug-likeness (QED) is 0.234. The number of amidine groups is 1. The molecule has 0 radical (unpaired) electrons. The average molecular weight is 493 g/mol. The van der Waals surface area contributed by atoms with Gasteiger partial charge in [-0.15, -0.1) is 0 Å². The highest BCUT2D eigenvalue weighted by atomic mass is 16.3. The first kappa shape index (κ1) is 22.5. The van der Waals surface area contributed by atoms with Crippen molar-refractivity contribution in [2.75, 3.05) is 0 Å². The zero-order valence-electron chi connectivity index (χ0n) is 20.8. The van der Waals surface area contributed by atoms with Gasteiger partial charge in [-0.3, -0.25) is 10.2 Å². The number of aliphatic hydroxyl groups is 1. The second kappa shape index (κ2) is 7.93. The molecule has 37 heavy (non-hydrogen) atoms. The zero-order chi connectivity index (χ0) is 25.4. The predicted octanol–water partition coefficient (Wildman–Crippen LogP) is 4.94. The Bertz CT molecular complexity index is 1570. The van der Waals surface area contributed by atoms with E-state index in [1.54, 1.807) is 0 Å². The van der Waals surface area contributed by atoms with E-state index < -0.39 is 5.60 Å².